The Hall–Kier alpha value is -2.88. The molecule has 3 aromatic carbocycles. The van der Waals surface area contributed by atoms with E-state index in [1.54, 1.807) is 24.3 Å². The summed E-state index contributed by atoms with van der Waals surface area (Å²) in [6, 6.07) is 18.6. The van der Waals surface area contributed by atoms with Crippen LogP contribution in [0.5, 0.6) is 11.5 Å². The van der Waals surface area contributed by atoms with E-state index >= 15 is 0 Å². The van der Waals surface area contributed by atoms with E-state index in [1.165, 1.54) is 0 Å². The highest BCUT2D eigenvalue weighted by Crippen LogP contribution is 2.28. The average molecular weight is 326 g/mol. The van der Waals surface area contributed by atoms with Crippen LogP contribution in [0.25, 0.3) is 21.9 Å². The van der Waals surface area contributed by atoms with E-state index in [2.05, 4.69) is 11.3 Å². The molecule has 0 N–H and O–H groups in total. The Balaban J connectivity index is 1.86. The number of hydrogen-bond donors (Lipinski definition) is 0. The summed E-state index contributed by atoms with van der Waals surface area (Å²) in [6.45, 7) is 1.27. The van der Waals surface area contributed by atoms with Crippen LogP contribution in [0.2, 0.25) is 0 Å². The van der Waals surface area contributed by atoms with Crippen molar-refractivity contribution in [2.24, 2.45) is 0 Å². The van der Waals surface area contributed by atoms with E-state index < -0.39 is 6.61 Å². The van der Waals surface area contributed by atoms with Crippen LogP contribution in [0.3, 0.4) is 0 Å². The van der Waals surface area contributed by atoms with Gasteiger partial charge in [0.05, 0.1) is 0 Å². The second kappa shape index (κ2) is 7.13. The van der Waals surface area contributed by atoms with Gasteiger partial charge in [-0.1, -0.05) is 43.0 Å². The molecule has 0 saturated carbocycles. The lowest BCUT2D eigenvalue weighted by Gasteiger charge is -2.08. The summed E-state index contributed by atoms with van der Waals surface area (Å²) in [7, 11) is 0. The lowest BCUT2D eigenvalue weighted by Crippen LogP contribution is -2.01. The predicted molar refractivity (Wildman–Crippen MR) is 91.7 cm³/mol. The van der Waals surface area contributed by atoms with E-state index in [-0.39, 0.29) is 5.75 Å². The molecule has 0 aliphatic rings. The molecule has 0 aliphatic carbocycles. The zero-order valence-corrected chi connectivity index (χ0v) is 12.9. The van der Waals surface area contributed by atoms with E-state index in [9.17, 15) is 8.78 Å². The lowest BCUT2D eigenvalue weighted by atomic mass is 10.0. The molecule has 0 atom stereocenters. The molecule has 24 heavy (non-hydrogen) atoms. The van der Waals surface area contributed by atoms with Crippen LogP contribution in [0.1, 0.15) is 0 Å². The summed E-state index contributed by atoms with van der Waals surface area (Å²) in [6.07, 6.45) is 1.70. The normalized spacial score (nSPS) is 10.8. The number of rotatable bonds is 6. The molecule has 0 unspecified atom stereocenters. The van der Waals surface area contributed by atoms with Crippen LogP contribution in [-0.2, 0) is 0 Å². The van der Waals surface area contributed by atoms with Crippen molar-refractivity contribution < 1.29 is 18.3 Å². The van der Waals surface area contributed by atoms with E-state index in [0.717, 1.165) is 27.6 Å². The number of ether oxygens (including phenoxy) is 2. The SMILES string of the molecule is C=CCOc1ccc(-c2ccc3cc(OC(F)F)ccc3c2)cc1. The zero-order valence-electron chi connectivity index (χ0n) is 12.9. The van der Waals surface area contributed by atoms with Crippen molar-refractivity contribution >= 4 is 10.8 Å². The lowest BCUT2D eigenvalue weighted by molar-refractivity contribution is -0.0497. The molecule has 0 spiro atoms. The predicted octanol–water partition coefficient (Wildman–Crippen LogP) is 5.67. The van der Waals surface area contributed by atoms with Gasteiger partial charge in [-0.25, -0.2) is 0 Å². The van der Waals surface area contributed by atoms with Crippen molar-refractivity contribution in [3.8, 4) is 22.6 Å². The maximum absolute atomic E-state index is 12.3. The standard InChI is InChI=1S/C20H16F2O2/c1-2-11-23-18-8-5-14(6-9-18)15-3-4-17-13-19(24-20(21)22)10-7-16(17)12-15/h2-10,12-13,20H,1,11H2. The highest BCUT2D eigenvalue weighted by atomic mass is 19.3. The Bertz CT molecular complexity index is 842. The quantitative estimate of drug-likeness (QED) is 0.543. The van der Waals surface area contributed by atoms with Crippen LogP contribution in [0.4, 0.5) is 8.78 Å². The number of benzene rings is 3. The van der Waals surface area contributed by atoms with Gasteiger partial charge in [-0.2, -0.15) is 8.78 Å². The summed E-state index contributed by atoms with van der Waals surface area (Å²) in [5.74, 6) is 0.946. The minimum atomic E-state index is -2.82. The minimum absolute atomic E-state index is 0.161. The van der Waals surface area contributed by atoms with Gasteiger partial charge in [-0.15, -0.1) is 0 Å². The first-order valence-corrected chi connectivity index (χ1v) is 7.48. The molecular formula is C20H16F2O2. The summed E-state index contributed by atoms with van der Waals surface area (Å²) in [5, 5.41) is 1.81. The third-order valence-corrected chi connectivity index (χ3v) is 3.59. The van der Waals surface area contributed by atoms with Crippen LogP contribution in [-0.4, -0.2) is 13.2 Å². The van der Waals surface area contributed by atoms with Crippen molar-refractivity contribution in [3.05, 3.63) is 73.3 Å². The van der Waals surface area contributed by atoms with E-state index in [0.29, 0.717) is 6.61 Å². The van der Waals surface area contributed by atoms with Gasteiger partial charge in [0.2, 0.25) is 0 Å². The molecule has 0 bridgehead atoms. The molecule has 3 rings (SSSR count). The Morgan fingerprint density at radius 2 is 1.46 bits per heavy atom. The van der Waals surface area contributed by atoms with Gasteiger partial charge in [0.15, 0.2) is 0 Å². The molecule has 2 nitrogen and oxygen atoms in total. The van der Waals surface area contributed by atoms with Crippen LogP contribution in [0, 0.1) is 0 Å². The van der Waals surface area contributed by atoms with Gasteiger partial charge in [-0.3, -0.25) is 0 Å². The summed E-state index contributed by atoms with van der Waals surface area (Å²) < 4.78 is 34.5. The molecule has 0 fully saturated rings. The first-order chi connectivity index (χ1) is 11.7. The first kappa shape index (κ1) is 16.0. The van der Waals surface area contributed by atoms with Crippen molar-refractivity contribution in [2.75, 3.05) is 6.61 Å². The second-order valence-electron chi connectivity index (χ2n) is 5.23. The Morgan fingerprint density at radius 3 is 2.17 bits per heavy atom. The minimum Gasteiger partial charge on any atom is -0.490 e. The highest BCUT2D eigenvalue weighted by molar-refractivity contribution is 5.88. The van der Waals surface area contributed by atoms with Gasteiger partial charge in [0.25, 0.3) is 0 Å². The van der Waals surface area contributed by atoms with Gasteiger partial charge in [0.1, 0.15) is 18.1 Å². The van der Waals surface area contributed by atoms with Gasteiger partial charge >= 0.3 is 6.61 Å². The van der Waals surface area contributed by atoms with Crippen molar-refractivity contribution in [1.82, 2.24) is 0 Å². The molecular weight excluding hydrogens is 310 g/mol. The maximum atomic E-state index is 12.3. The van der Waals surface area contributed by atoms with Gasteiger partial charge in [-0.05, 0) is 52.2 Å². The van der Waals surface area contributed by atoms with Crippen molar-refractivity contribution in [3.63, 3.8) is 0 Å². The fourth-order valence-corrected chi connectivity index (χ4v) is 2.48. The molecule has 0 saturated heterocycles. The molecule has 0 aromatic heterocycles. The Kier molecular flexibility index (Phi) is 4.75. The molecule has 3 aromatic rings. The fourth-order valence-electron chi connectivity index (χ4n) is 2.48. The van der Waals surface area contributed by atoms with Crippen molar-refractivity contribution in [1.29, 1.82) is 0 Å². The molecule has 4 heteroatoms. The van der Waals surface area contributed by atoms with E-state index in [4.69, 9.17) is 4.74 Å². The van der Waals surface area contributed by atoms with Crippen LogP contribution < -0.4 is 9.47 Å². The van der Waals surface area contributed by atoms with Crippen molar-refractivity contribution in [2.45, 2.75) is 6.61 Å². The second-order valence-corrected chi connectivity index (χ2v) is 5.23. The Labute approximate surface area is 138 Å². The molecule has 0 heterocycles. The number of halogens is 2. The summed E-state index contributed by atoms with van der Waals surface area (Å²) in [5.41, 5.74) is 2.09. The fraction of sp³-hybridized carbons (Fsp3) is 0.100. The third-order valence-electron chi connectivity index (χ3n) is 3.59. The molecule has 0 radical (unpaired) electrons. The maximum Gasteiger partial charge on any atom is 0.387 e. The number of hydrogen-bond acceptors (Lipinski definition) is 2. The monoisotopic (exact) mass is 326 g/mol. The topological polar surface area (TPSA) is 18.5 Å². The average Bonchev–Trinajstić information content (AvgIpc) is 2.59. The van der Waals surface area contributed by atoms with Crippen LogP contribution in [0.15, 0.2) is 73.3 Å². The van der Waals surface area contributed by atoms with Gasteiger partial charge < -0.3 is 9.47 Å². The zero-order chi connectivity index (χ0) is 16.9. The first-order valence-electron chi connectivity index (χ1n) is 7.48. The van der Waals surface area contributed by atoms with E-state index in [1.807, 2.05) is 42.5 Å². The van der Waals surface area contributed by atoms with Crippen LogP contribution >= 0.6 is 0 Å². The number of alkyl halides is 2. The molecule has 122 valence electrons. The summed E-state index contributed by atoms with van der Waals surface area (Å²) >= 11 is 0. The largest absolute Gasteiger partial charge is 0.490 e. The smallest absolute Gasteiger partial charge is 0.387 e. The van der Waals surface area contributed by atoms with Gasteiger partial charge in [0, 0.05) is 0 Å². The number of fused-ring (bicyclic) bond motifs is 1. The summed E-state index contributed by atoms with van der Waals surface area (Å²) in [4.78, 5) is 0. The highest BCUT2D eigenvalue weighted by Gasteiger charge is 2.06. The molecule has 0 aliphatic heterocycles. The Morgan fingerprint density at radius 1 is 0.833 bits per heavy atom. The third kappa shape index (κ3) is 3.71. The molecule has 0 amide bonds.